The van der Waals surface area contributed by atoms with Gasteiger partial charge in [-0.25, -0.2) is 4.98 Å². The van der Waals surface area contributed by atoms with Crippen LogP contribution < -0.4 is 5.73 Å². The number of aromatic nitrogens is 2. The lowest BCUT2D eigenvalue weighted by Crippen LogP contribution is -2.35. The Morgan fingerprint density at radius 3 is 2.96 bits per heavy atom. The third-order valence-corrected chi connectivity index (χ3v) is 4.84. The van der Waals surface area contributed by atoms with Crippen LogP contribution in [0, 0.1) is 13.8 Å². The number of benzene rings is 1. The minimum absolute atomic E-state index is 0.211. The lowest BCUT2D eigenvalue weighted by molar-refractivity contribution is -0.118. The van der Waals surface area contributed by atoms with Crippen molar-refractivity contribution in [1.29, 1.82) is 0 Å². The molecule has 5 heteroatoms. The number of carbonyl (C=O) groups excluding carboxylic acids is 1. The molecular weight excluding hydrogens is 300 g/mol. The molecule has 0 radical (unpaired) electrons. The van der Waals surface area contributed by atoms with Gasteiger partial charge in [-0.15, -0.1) is 0 Å². The second-order valence-corrected chi connectivity index (χ2v) is 6.88. The third-order valence-electron chi connectivity index (χ3n) is 4.84. The standard InChI is InChI=1S/C19H26N4O/c1-14-5-6-16(15(2)10-14)11-22-8-3-4-17(12-22)19-21-7-9-23(19)13-18(20)24/h5-7,9-10,17H,3-4,8,11-13H2,1-2H3,(H2,20,24). The number of hydrogen-bond donors (Lipinski definition) is 1. The molecule has 1 atom stereocenters. The predicted octanol–water partition coefficient (Wildman–Crippen LogP) is 2.36. The number of aryl methyl sites for hydroxylation is 2. The Labute approximate surface area is 143 Å². The van der Waals surface area contributed by atoms with Crippen molar-refractivity contribution in [1.82, 2.24) is 14.5 Å². The summed E-state index contributed by atoms with van der Waals surface area (Å²) in [5, 5.41) is 0. The van der Waals surface area contributed by atoms with Crippen molar-refractivity contribution in [3.63, 3.8) is 0 Å². The number of hydrogen-bond acceptors (Lipinski definition) is 3. The van der Waals surface area contributed by atoms with Crippen molar-refractivity contribution in [2.24, 2.45) is 5.73 Å². The van der Waals surface area contributed by atoms with Crippen molar-refractivity contribution in [3.8, 4) is 0 Å². The van der Waals surface area contributed by atoms with Crippen LogP contribution in [-0.2, 0) is 17.9 Å². The Bertz CT molecular complexity index is 722. The van der Waals surface area contributed by atoms with E-state index in [4.69, 9.17) is 5.73 Å². The number of likely N-dealkylation sites (tertiary alicyclic amines) is 1. The molecule has 0 bridgehead atoms. The van der Waals surface area contributed by atoms with Crippen LogP contribution in [-0.4, -0.2) is 33.4 Å². The molecule has 1 aliphatic rings. The summed E-state index contributed by atoms with van der Waals surface area (Å²) >= 11 is 0. The first-order valence-electron chi connectivity index (χ1n) is 8.60. The Balaban J connectivity index is 1.70. The van der Waals surface area contributed by atoms with E-state index < -0.39 is 0 Å². The average Bonchev–Trinajstić information content (AvgIpc) is 2.98. The number of primary amides is 1. The first-order chi connectivity index (χ1) is 11.5. The van der Waals surface area contributed by atoms with Gasteiger partial charge in [0, 0.05) is 31.4 Å². The van der Waals surface area contributed by atoms with Crippen molar-refractivity contribution >= 4 is 5.91 Å². The van der Waals surface area contributed by atoms with Gasteiger partial charge in [0.1, 0.15) is 12.4 Å². The number of amides is 1. The summed E-state index contributed by atoms with van der Waals surface area (Å²) in [5.41, 5.74) is 9.39. The van der Waals surface area contributed by atoms with E-state index in [1.54, 1.807) is 6.20 Å². The molecule has 1 fully saturated rings. The molecular formula is C19H26N4O. The van der Waals surface area contributed by atoms with Crippen LogP contribution in [0.3, 0.4) is 0 Å². The summed E-state index contributed by atoms with van der Waals surface area (Å²) in [6.45, 7) is 7.58. The Morgan fingerprint density at radius 1 is 1.38 bits per heavy atom. The minimum atomic E-state index is -0.322. The van der Waals surface area contributed by atoms with Crippen LogP contribution in [0.5, 0.6) is 0 Å². The Hall–Kier alpha value is -2.14. The molecule has 1 unspecified atom stereocenters. The highest BCUT2D eigenvalue weighted by Gasteiger charge is 2.25. The molecule has 0 saturated carbocycles. The molecule has 0 aliphatic carbocycles. The van der Waals surface area contributed by atoms with Gasteiger partial charge < -0.3 is 10.3 Å². The number of rotatable bonds is 5. The van der Waals surface area contributed by atoms with Crippen LogP contribution in [0.1, 0.15) is 41.3 Å². The highest BCUT2D eigenvalue weighted by atomic mass is 16.1. The molecule has 2 N–H and O–H groups in total. The van der Waals surface area contributed by atoms with Gasteiger partial charge in [0.05, 0.1) is 0 Å². The largest absolute Gasteiger partial charge is 0.368 e. The van der Waals surface area contributed by atoms with Gasteiger partial charge in [-0.05, 0) is 44.4 Å². The molecule has 128 valence electrons. The molecule has 2 aromatic rings. The second-order valence-electron chi connectivity index (χ2n) is 6.88. The van der Waals surface area contributed by atoms with Gasteiger partial charge in [-0.1, -0.05) is 23.8 Å². The highest BCUT2D eigenvalue weighted by Crippen LogP contribution is 2.27. The fourth-order valence-electron chi connectivity index (χ4n) is 3.66. The fourth-order valence-corrected chi connectivity index (χ4v) is 3.66. The molecule has 1 aromatic carbocycles. The molecule has 2 heterocycles. The van der Waals surface area contributed by atoms with Crippen molar-refractivity contribution in [2.75, 3.05) is 13.1 Å². The van der Waals surface area contributed by atoms with Crippen LogP contribution in [0.2, 0.25) is 0 Å². The number of piperidine rings is 1. The fraction of sp³-hybridized carbons (Fsp3) is 0.474. The maximum Gasteiger partial charge on any atom is 0.237 e. The molecule has 1 aromatic heterocycles. The van der Waals surface area contributed by atoms with Crippen LogP contribution in [0.25, 0.3) is 0 Å². The van der Waals surface area contributed by atoms with Crippen LogP contribution in [0.4, 0.5) is 0 Å². The van der Waals surface area contributed by atoms with Crippen molar-refractivity contribution in [2.45, 2.75) is 45.7 Å². The van der Waals surface area contributed by atoms with Crippen LogP contribution in [0.15, 0.2) is 30.6 Å². The van der Waals surface area contributed by atoms with E-state index in [1.807, 2.05) is 10.8 Å². The normalized spacial score (nSPS) is 18.7. The van der Waals surface area contributed by atoms with E-state index in [-0.39, 0.29) is 12.5 Å². The maximum atomic E-state index is 11.2. The van der Waals surface area contributed by atoms with Gasteiger partial charge in [0.2, 0.25) is 5.91 Å². The summed E-state index contributed by atoms with van der Waals surface area (Å²) in [4.78, 5) is 18.2. The predicted molar refractivity (Wildman–Crippen MR) is 94.6 cm³/mol. The van der Waals surface area contributed by atoms with E-state index >= 15 is 0 Å². The SMILES string of the molecule is Cc1ccc(CN2CCCC(c3nccn3CC(N)=O)C2)c(C)c1. The van der Waals surface area contributed by atoms with Gasteiger partial charge in [-0.2, -0.15) is 0 Å². The lowest BCUT2D eigenvalue weighted by Gasteiger charge is -2.33. The number of carbonyl (C=O) groups is 1. The summed E-state index contributed by atoms with van der Waals surface area (Å²) in [5.74, 6) is 1.02. The topological polar surface area (TPSA) is 64.2 Å². The van der Waals surface area contributed by atoms with E-state index in [0.717, 1.165) is 38.3 Å². The molecule has 0 spiro atoms. The van der Waals surface area contributed by atoms with Crippen molar-refractivity contribution in [3.05, 3.63) is 53.1 Å². The Kier molecular flexibility index (Phi) is 5.00. The smallest absolute Gasteiger partial charge is 0.237 e. The maximum absolute atomic E-state index is 11.2. The van der Waals surface area contributed by atoms with Crippen LogP contribution >= 0.6 is 0 Å². The molecule has 1 aliphatic heterocycles. The zero-order valence-corrected chi connectivity index (χ0v) is 14.5. The molecule has 1 amide bonds. The van der Waals surface area contributed by atoms with Gasteiger partial charge in [0.25, 0.3) is 0 Å². The highest BCUT2D eigenvalue weighted by molar-refractivity contribution is 5.73. The van der Waals surface area contributed by atoms with E-state index in [1.165, 1.54) is 16.7 Å². The average molecular weight is 326 g/mol. The molecule has 24 heavy (non-hydrogen) atoms. The molecule has 3 rings (SSSR count). The lowest BCUT2D eigenvalue weighted by atomic mass is 9.96. The van der Waals surface area contributed by atoms with Crippen molar-refractivity contribution < 1.29 is 4.79 Å². The molecule has 5 nitrogen and oxygen atoms in total. The van der Waals surface area contributed by atoms with Gasteiger partial charge >= 0.3 is 0 Å². The summed E-state index contributed by atoms with van der Waals surface area (Å²) in [6.07, 6.45) is 5.88. The summed E-state index contributed by atoms with van der Waals surface area (Å²) in [7, 11) is 0. The second kappa shape index (κ2) is 7.18. The zero-order chi connectivity index (χ0) is 17.1. The van der Waals surface area contributed by atoms with E-state index in [2.05, 4.69) is 41.9 Å². The first-order valence-corrected chi connectivity index (χ1v) is 8.60. The number of nitrogens with two attached hydrogens (primary N) is 1. The monoisotopic (exact) mass is 326 g/mol. The van der Waals surface area contributed by atoms with Gasteiger partial charge in [0.15, 0.2) is 0 Å². The first kappa shape index (κ1) is 16.7. The molecule has 1 saturated heterocycles. The minimum Gasteiger partial charge on any atom is -0.368 e. The van der Waals surface area contributed by atoms with Gasteiger partial charge in [-0.3, -0.25) is 9.69 Å². The quantitative estimate of drug-likeness (QED) is 0.917. The summed E-state index contributed by atoms with van der Waals surface area (Å²) < 4.78 is 1.90. The summed E-state index contributed by atoms with van der Waals surface area (Å²) in [6, 6.07) is 6.67. The number of imidazole rings is 1. The third kappa shape index (κ3) is 3.85. The Morgan fingerprint density at radius 2 is 2.21 bits per heavy atom. The number of nitrogens with zero attached hydrogens (tertiary/aromatic N) is 3. The van der Waals surface area contributed by atoms with E-state index in [0.29, 0.717) is 5.92 Å². The van der Waals surface area contributed by atoms with E-state index in [9.17, 15) is 4.79 Å². The zero-order valence-electron chi connectivity index (χ0n) is 14.5.